The van der Waals surface area contributed by atoms with E-state index < -0.39 is 5.97 Å². The molecule has 144 valence electrons. The number of furan rings is 1. The molecule has 2 heterocycles. The maximum absolute atomic E-state index is 11.5. The van der Waals surface area contributed by atoms with Crippen LogP contribution in [0.3, 0.4) is 0 Å². The summed E-state index contributed by atoms with van der Waals surface area (Å²) in [5.41, 5.74) is 2.78. The van der Waals surface area contributed by atoms with E-state index in [2.05, 4.69) is 14.9 Å². The number of carbonyl (C=O) groups is 1. The number of aromatic nitrogens is 2. The fourth-order valence-corrected chi connectivity index (χ4v) is 2.85. The summed E-state index contributed by atoms with van der Waals surface area (Å²) in [6, 6.07) is 12.3. The van der Waals surface area contributed by atoms with Crippen molar-refractivity contribution in [3.05, 3.63) is 58.6 Å². The van der Waals surface area contributed by atoms with E-state index in [1.54, 1.807) is 30.3 Å². The van der Waals surface area contributed by atoms with Crippen molar-refractivity contribution >= 4 is 28.5 Å². The van der Waals surface area contributed by atoms with Crippen LogP contribution < -0.4 is 0 Å². The van der Waals surface area contributed by atoms with E-state index in [1.165, 1.54) is 7.11 Å². The number of methoxy groups -OCH3 is 1. The van der Waals surface area contributed by atoms with Crippen molar-refractivity contribution in [2.45, 2.75) is 20.8 Å². The molecule has 0 saturated carbocycles. The van der Waals surface area contributed by atoms with Gasteiger partial charge < -0.3 is 13.7 Å². The number of aryl methyl sites for hydroxylation is 1. The van der Waals surface area contributed by atoms with Crippen LogP contribution in [0.15, 0.2) is 51.4 Å². The highest BCUT2D eigenvalue weighted by molar-refractivity contribution is 6.35. The first kappa shape index (κ1) is 19.6. The quantitative estimate of drug-likeness (QED) is 0.398. The molecular formula is C21H19ClN2O4. The van der Waals surface area contributed by atoms with E-state index in [1.807, 2.05) is 32.9 Å². The van der Waals surface area contributed by atoms with Crippen LogP contribution in [-0.2, 0) is 4.74 Å². The van der Waals surface area contributed by atoms with E-state index in [0.29, 0.717) is 33.3 Å². The summed E-state index contributed by atoms with van der Waals surface area (Å²) in [4.78, 5) is 15.9. The molecule has 0 atom stereocenters. The second-order valence-corrected chi connectivity index (χ2v) is 6.12. The van der Waals surface area contributed by atoms with E-state index in [9.17, 15) is 4.79 Å². The number of carbonyl (C=O) groups excluding carboxylic acids is 1. The van der Waals surface area contributed by atoms with E-state index in [4.69, 9.17) is 20.5 Å². The van der Waals surface area contributed by atoms with Crippen molar-refractivity contribution in [2.24, 2.45) is 0 Å². The zero-order valence-electron chi connectivity index (χ0n) is 15.9. The van der Waals surface area contributed by atoms with Crippen LogP contribution in [0.1, 0.15) is 29.8 Å². The number of hydrogen-bond acceptors (Lipinski definition) is 6. The van der Waals surface area contributed by atoms with E-state index in [-0.39, 0.29) is 5.89 Å². The molecule has 0 unspecified atom stereocenters. The average molecular weight is 399 g/mol. The standard InChI is InChI=1S/C19H13ClN2O4.C2H6/c1-10-3-8-14(20)16-13(10)9-15(25-16)18-21-17(22-26-18)11-4-6-12(7-5-11)19(23)24-2;1-2/h3-9H,1-2H3;1-2H3. The number of benzene rings is 2. The highest BCUT2D eigenvalue weighted by Gasteiger charge is 2.17. The Balaban J connectivity index is 0.00000109. The summed E-state index contributed by atoms with van der Waals surface area (Å²) in [5, 5.41) is 5.40. The molecule has 0 fully saturated rings. The molecule has 0 bridgehead atoms. The molecule has 6 nitrogen and oxygen atoms in total. The van der Waals surface area contributed by atoms with Crippen LogP contribution in [0.2, 0.25) is 5.02 Å². The highest BCUT2D eigenvalue weighted by atomic mass is 35.5. The lowest BCUT2D eigenvalue weighted by Gasteiger charge is -1.99. The van der Waals surface area contributed by atoms with Crippen LogP contribution in [0.25, 0.3) is 34.0 Å². The number of rotatable bonds is 3. The molecule has 0 aliphatic heterocycles. The predicted octanol–water partition coefficient (Wildman–Crippen LogP) is 5.92. The van der Waals surface area contributed by atoms with Crippen LogP contribution >= 0.6 is 11.6 Å². The molecule has 0 spiro atoms. The van der Waals surface area contributed by atoms with Gasteiger partial charge in [0.05, 0.1) is 17.7 Å². The third-order valence-corrected chi connectivity index (χ3v) is 4.35. The topological polar surface area (TPSA) is 78.4 Å². The monoisotopic (exact) mass is 398 g/mol. The Labute approximate surface area is 167 Å². The third-order valence-electron chi connectivity index (χ3n) is 4.05. The lowest BCUT2D eigenvalue weighted by atomic mass is 10.1. The number of nitrogens with zero attached hydrogens (tertiary/aromatic N) is 2. The van der Waals surface area contributed by atoms with Gasteiger partial charge in [-0.2, -0.15) is 4.98 Å². The Bertz CT molecular complexity index is 1070. The first-order valence-corrected chi connectivity index (χ1v) is 9.16. The van der Waals surface area contributed by atoms with Gasteiger partial charge in [0.15, 0.2) is 11.3 Å². The lowest BCUT2D eigenvalue weighted by Crippen LogP contribution is -2.00. The van der Waals surface area contributed by atoms with Gasteiger partial charge in [0.25, 0.3) is 5.89 Å². The number of esters is 1. The first-order chi connectivity index (χ1) is 13.6. The lowest BCUT2D eigenvalue weighted by molar-refractivity contribution is 0.0600. The summed E-state index contributed by atoms with van der Waals surface area (Å²) < 4.78 is 15.8. The zero-order chi connectivity index (χ0) is 20.3. The summed E-state index contributed by atoms with van der Waals surface area (Å²) in [5.74, 6) is 0.685. The Morgan fingerprint density at radius 1 is 1.11 bits per heavy atom. The maximum atomic E-state index is 11.5. The molecular weight excluding hydrogens is 380 g/mol. The predicted molar refractivity (Wildman–Crippen MR) is 107 cm³/mol. The Morgan fingerprint density at radius 3 is 2.46 bits per heavy atom. The van der Waals surface area contributed by atoms with Crippen LogP contribution in [0.4, 0.5) is 0 Å². The molecule has 0 aliphatic carbocycles. The minimum atomic E-state index is -0.403. The van der Waals surface area contributed by atoms with E-state index >= 15 is 0 Å². The van der Waals surface area contributed by atoms with Gasteiger partial charge in [-0.15, -0.1) is 0 Å². The molecule has 4 aromatic rings. The van der Waals surface area contributed by atoms with E-state index in [0.717, 1.165) is 10.9 Å². The van der Waals surface area contributed by atoms with Crippen molar-refractivity contribution in [1.29, 1.82) is 0 Å². The molecule has 0 aliphatic rings. The number of hydrogen-bond donors (Lipinski definition) is 0. The van der Waals surface area contributed by atoms with Gasteiger partial charge in [-0.3, -0.25) is 0 Å². The summed E-state index contributed by atoms with van der Waals surface area (Å²) in [6.07, 6.45) is 0. The third kappa shape index (κ3) is 3.64. The summed E-state index contributed by atoms with van der Waals surface area (Å²) in [7, 11) is 1.34. The average Bonchev–Trinajstić information content (AvgIpc) is 3.40. The van der Waals surface area contributed by atoms with Gasteiger partial charge in [-0.25, -0.2) is 4.79 Å². The zero-order valence-corrected chi connectivity index (χ0v) is 16.7. The molecule has 0 radical (unpaired) electrons. The molecule has 0 amide bonds. The number of fused-ring (bicyclic) bond motifs is 1. The molecule has 0 N–H and O–H groups in total. The Kier molecular flexibility index (Phi) is 5.80. The van der Waals surface area contributed by atoms with Gasteiger partial charge in [-0.1, -0.05) is 48.8 Å². The normalized spacial score (nSPS) is 10.5. The van der Waals surface area contributed by atoms with Crippen LogP contribution in [0, 0.1) is 6.92 Å². The van der Waals surface area contributed by atoms with Crippen molar-refractivity contribution in [3.63, 3.8) is 0 Å². The molecule has 0 saturated heterocycles. The first-order valence-electron chi connectivity index (χ1n) is 8.78. The van der Waals surface area contributed by atoms with Crippen molar-refractivity contribution in [1.82, 2.24) is 10.1 Å². The smallest absolute Gasteiger partial charge is 0.337 e. The fourth-order valence-electron chi connectivity index (χ4n) is 2.64. The van der Waals surface area contributed by atoms with Crippen LogP contribution in [0.5, 0.6) is 0 Å². The Morgan fingerprint density at radius 2 is 1.82 bits per heavy atom. The minimum Gasteiger partial charge on any atom is -0.465 e. The second-order valence-electron chi connectivity index (χ2n) is 5.71. The van der Waals surface area contributed by atoms with Crippen LogP contribution in [-0.4, -0.2) is 23.2 Å². The maximum Gasteiger partial charge on any atom is 0.337 e. The molecule has 4 rings (SSSR count). The largest absolute Gasteiger partial charge is 0.465 e. The minimum absolute atomic E-state index is 0.253. The number of halogens is 1. The molecule has 28 heavy (non-hydrogen) atoms. The summed E-state index contributed by atoms with van der Waals surface area (Å²) >= 11 is 6.19. The van der Waals surface area contributed by atoms with Crippen molar-refractivity contribution in [2.75, 3.05) is 7.11 Å². The van der Waals surface area contributed by atoms with Gasteiger partial charge in [0.2, 0.25) is 5.82 Å². The second kappa shape index (κ2) is 8.27. The fraction of sp³-hybridized carbons (Fsp3) is 0.190. The van der Waals surface area contributed by atoms with Gasteiger partial charge in [0, 0.05) is 10.9 Å². The SMILES string of the molecule is CC.COC(=O)c1ccc(-c2noc(-c3cc4c(C)ccc(Cl)c4o3)n2)cc1. The van der Waals surface area contributed by atoms with Crippen molar-refractivity contribution < 1.29 is 18.5 Å². The summed E-state index contributed by atoms with van der Waals surface area (Å²) in [6.45, 7) is 5.97. The number of ether oxygens (including phenoxy) is 1. The molecule has 2 aromatic heterocycles. The highest BCUT2D eigenvalue weighted by Crippen LogP contribution is 2.34. The molecule has 2 aromatic carbocycles. The van der Waals surface area contributed by atoms with Gasteiger partial charge >= 0.3 is 5.97 Å². The van der Waals surface area contributed by atoms with Crippen molar-refractivity contribution in [3.8, 4) is 23.0 Å². The van der Waals surface area contributed by atoms with Gasteiger partial charge in [-0.05, 0) is 36.8 Å². The Hall–Kier alpha value is -3.12. The van der Waals surface area contributed by atoms with Gasteiger partial charge in [0.1, 0.15) is 0 Å². The molecule has 7 heteroatoms.